The molecule has 8 nitrogen and oxygen atoms in total. The van der Waals surface area contributed by atoms with Gasteiger partial charge < -0.3 is 19.5 Å². The van der Waals surface area contributed by atoms with E-state index in [9.17, 15) is 4.79 Å². The van der Waals surface area contributed by atoms with E-state index in [4.69, 9.17) is 14.2 Å². The number of hydrogen-bond donors (Lipinski definition) is 1. The summed E-state index contributed by atoms with van der Waals surface area (Å²) in [7, 11) is 1.38. The maximum Gasteiger partial charge on any atom is 0.337 e. The molecule has 0 radical (unpaired) electrons. The third kappa shape index (κ3) is 4.12. The first-order valence-electron chi connectivity index (χ1n) is 9.32. The first-order valence-corrected chi connectivity index (χ1v) is 9.32. The van der Waals surface area contributed by atoms with Gasteiger partial charge in [-0.25, -0.2) is 4.79 Å². The highest BCUT2D eigenvalue weighted by molar-refractivity contribution is 5.90. The Morgan fingerprint density at radius 3 is 3.22 bits per heavy atom. The maximum atomic E-state index is 11.9. The third-order valence-electron chi connectivity index (χ3n) is 5.01. The van der Waals surface area contributed by atoms with Crippen molar-refractivity contribution in [3.63, 3.8) is 0 Å². The summed E-state index contributed by atoms with van der Waals surface area (Å²) in [4.78, 5) is 11.9. The molecule has 2 aromatic rings. The van der Waals surface area contributed by atoms with E-state index in [2.05, 4.69) is 15.6 Å². The number of hydrogen-bond acceptors (Lipinski definition) is 7. The smallest absolute Gasteiger partial charge is 0.337 e. The lowest BCUT2D eigenvalue weighted by Gasteiger charge is -2.31. The molecule has 2 aliphatic heterocycles. The Bertz CT molecular complexity index is 807. The number of piperidine rings is 1. The van der Waals surface area contributed by atoms with E-state index >= 15 is 0 Å². The fraction of sp³-hybridized carbons (Fsp3) is 0.526. The number of nitrogens with one attached hydrogen (secondary N) is 1. The van der Waals surface area contributed by atoms with Crippen molar-refractivity contribution < 1.29 is 19.0 Å². The number of ether oxygens (including phenoxy) is 3. The van der Waals surface area contributed by atoms with Crippen LogP contribution in [0.1, 0.15) is 46.9 Å². The van der Waals surface area contributed by atoms with Gasteiger partial charge in [0.15, 0.2) is 0 Å². The van der Waals surface area contributed by atoms with Crippen LogP contribution in [0.25, 0.3) is 0 Å². The average Bonchev–Trinajstić information content (AvgIpc) is 3.16. The molecule has 2 atom stereocenters. The molecule has 4 rings (SSSR count). The number of carbonyl (C=O) groups is 1. The third-order valence-corrected chi connectivity index (χ3v) is 5.01. The number of esters is 1. The van der Waals surface area contributed by atoms with Crippen LogP contribution in [0.15, 0.2) is 24.4 Å². The van der Waals surface area contributed by atoms with E-state index in [1.165, 1.54) is 7.11 Å². The molecule has 1 fully saturated rings. The van der Waals surface area contributed by atoms with Crippen molar-refractivity contribution in [1.29, 1.82) is 0 Å². The molecule has 4 bridgehead atoms. The Morgan fingerprint density at radius 1 is 1.41 bits per heavy atom. The summed E-state index contributed by atoms with van der Waals surface area (Å²) >= 11 is 0. The Kier molecular flexibility index (Phi) is 5.35. The van der Waals surface area contributed by atoms with Gasteiger partial charge in [0.25, 0.3) is 0 Å². The standard InChI is InChI=1S/C19H24N4O4/c1-25-19(24)13-3-4-16-17-10-15(5-6-20-17)27-12-14-11-23(22-21-14)7-2-8-26-18(16)9-13/h3-4,9,11,15,17,20H,2,5-8,10,12H2,1H3/t15-,17-/m0/s1. The fourth-order valence-electron chi connectivity index (χ4n) is 3.59. The number of nitrogens with zero attached hydrogens (tertiary/aromatic N) is 3. The molecule has 0 aliphatic carbocycles. The van der Waals surface area contributed by atoms with Gasteiger partial charge in [-0.3, -0.25) is 4.68 Å². The minimum Gasteiger partial charge on any atom is -0.493 e. The van der Waals surface area contributed by atoms with Crippen molar-refractivity contribution >= 4 is 5.97 Å². The van der Waals surface area contributed by atoms with Gasteiger partial charge in [-0.2, -0.15) is 0 Å². The van der Waals surface area contributed by atoms with Crippen LogP contribution >= 0.6 is 0 Å². The van der Waals surface area contributed by atoms with Crippen molar-refractivity contribution in [1.82, 2.24) is 20.3 Å². The Labute approximate surface area is 157 Å². The SMILES string of the molecule is COC(=O)c1ccc2c(c1)OCCCn1cc(nn1)CO[C@H]1CCN[C@H]2C1. The van der Waals surface area contributed by atoms with Crippen LogP contribution in [0.3, 0.4) is 0 Å². The van der Waals surface area contributed by atoms with Crippen molar-refractivity contribution in [2.45, 2.75) is 44.6 Å². The van der Waals surface area contributed by atoms with E-state index in [1.54, 1.807) is 12.1 Å². The Morgan fingerprint density at radius 2 is 2.33 bits per heavy atom. The van der Waals surface area contributed by atoms with E-state index in [0.717, 1.165) is 37.1 Å². The molecule has 0 unspecified atom stereocenters. The number of carbonyl (C=O) groups excluding carboxylic acids is 1. The summed E-state index contributed by atoms with van der Waals surface area (Å²) < 4.78 is 18.8. The van der Waals surface area contributed by atoms with Crippen LogP contribution in [-0.2, 0) is 22.6 Å². The van der Waals surface area contributed by atoms with Crippen LogP contribution < -0.4 is 10.1 Å². The van der Waals surface area contributed by atoms with Gasteiger partial charge in [-0.05, 0) is 31.5 Å². The van der Waals surface area contributed by atoms with Gasteiger partial charge in [-0.15, -0.1) is 5.10 Å². The van der Waals surface area contributed by atoms with Crippen LogP contribution in [-0.4, -0.2) is 47.3 Å². The van der Waals surface area contributed by atoms with Gasteiger partial charge in [-0.1, -0.05) is 11.3 Å². The molecule has 2 aliphatic rings. The minimum atomic E-state index is -0.367. The largest absolute Gasteiger partial charge is 0.493 e. The summed E-state index contributed by atoms with van der Waals surface area (Å²) in [6, 6.07) is 5.63. The number of rotatable bonds is 1. The molecule has 1 N–H and O–H groups in total. The highest BCUT2D eigenvalue weighted by atomic mass is 16.5. The predicted molar refractivity (Wildman–Crippen MR) is 96.5 cm³/mol. The van der Waals surface area contributed by atoms with Gasteiger partial charge in [0.1, 0.15) is 11.4 Å². The van der Waals surface area contributed by atoms with Crippen LogP contribution in [0.2, 0.25) is 0 Å². The van der Waals surface area contributed by atoms with Crippen LogP contribution in [0, 0.1) is 0 Å². The van der Waals surface area contributed by atoms with Gasteiger partial charge in [0, 0.05) is 24.6 Å². The number of fused-ring (bicyclic) bond motifs is 6. The Hall–Kier alpha value is -2.45. The van der Waals surface area contributed by atoms with E-state index < -0.39 is 0 Å². The van der Waals surface area contributed by atoms with E-state index in [0.29, 0.717) is 31.1 Å². The normalized spacial score (nSPS) is 22.9. The van der Waals surface area contributed by atoms with E-state index in [1.807, 2.05) is 16.9 Å². The number of benzene rings is 1. The molecule has 1 aromatic heterocycles. The van der Waals surface area contributed by atoms with Gasteiger partial charge in [0.2, 0.25) is 0 Å². The molecular weight excluding hydrogens is 348 g/mol. The molecular formula is C19H24N4O4. The lowest BCUT2D eigenvalue weighted by molar-refractivity contribution is 0.00873. The summed E-state index contributed by atoms with van der Waals surface area (Å²) in [6.07, 6.45) is 4.63. The monoisotopic (exact) mass is 372 g/mol. The van der Waals surface area contributed by atoms with Gasteiger partial charge >= 0.3 is 5.97 Å². The highest BCUT2D eigenvalue weighted by Crippen LogP contribution is 2.33. The second-order valence-corrected chi connectivity index (χ2v) is 6.88. The maximum absolute atomic E-state index is 11.9. The summed E-state index contributed by atoms with van der Waals surface area (Å²) in [6.45, 7) is 2.58. The lowest BCUT2D eigenvalue weighted by Crippen LogP contribution is -2.36. The zero-order valence-electron chi connectivity index (χ0n) is 15.4. The zero-order chi connectivity index (χ0) is 18.6. The first-order chi connectivity index (χ1) is 13.2. The summed E-state index contributed by atoms with van der Waals surface area (Å²) in [5.41, 5.74) is 2.39. The molecule has 1 aromatic carbocycles. The quantitative estimate of drug-likeness (QED) is 0.765. The summed E-state index contributed by atoms with van der Waals surface area (Å²) in [5, 5.41) is 11.9. The van der Waals surface area contributed by atoms with Crippen LogP contribution in [0.5, 0.6) is 5.75 Å². The minimum absolute atomic E-state index is 0.115. The number of methoxy groups -OCH3 is 1. The predicted octanol–water partition coefficient (Wildman–Crippen LogP) is 1.86. The summed E-state index contributed by atoms with van der Waals surface area (Å²) in [5.74, 6) is 0.348. The molecule has 27 heavy (non-hydrogen) atoms. The van der Waals surface area contributed by atoms with Crippen molar-refractivity contribution in [2.24, 2.45) is 0 Å². The number of aryl methyl sites for hydroxylation is 1. The van der Waals surface area contributed by atoms with Gasteiger partial charge in [0.05, 0.1) is 38.2 Å². The second kappa shape index (κ2) is 8.06. The molecule has 0 saturated carbocycles. The average molecular weight is 372 g/mol. The van der Waals surface area contributed by atoms with Crippen molar-refractivity contribution in [3.05, 3.63) is 41.2 Å². The molecule has 144 valence electrons. The highest BCUT2D eigenvalue weighted by Gasteiger charge is 2.26. The fourth-order valence-corrected chi connectivity index (χ4v) is 3.59. The topological polar surface area (TPSA) is 87.5 Å². The first kappa shape index (κ1) is 17.9. The lowest BCUT2D eigenvalue weighted by atomic mass is 9.94. The molecule has 1 saturated heterocycles. The zero-order valence-corrected chi connectivity index (χ0v) is 15.4. The second-order valence-electron chi connectivity index (χ2n) is 6.88. The number of aromatic nitrogens is 3. The molecule has 3 heterocycles. The molecule has 0 amide bonds. The molecule has 0 spiro atoms. The molecule has 8 heteroatoms. The van der Waals surface area contributed by atoms with E-state index in [-0.39, 0.29) is 18.1 Å². The van der Waals surface area contributed by atoms with Crippen molar-refractivity contribution in [2.75, 3.05) is 20.3 Å². The van der Waals surface area contributed by atoms with Crippen LogP contribution in [0.4, 0.5) is 0 Å². The van der Waals surface area contributed by atoms with Crippen molar-refractivity contribution in [3.8, 4) is 5.75 Å². The Balaban J connectivity index is 1.62.